The summed E-state index contributed by atoms with van der Waals surface area (Å²) in [6, 6.07) is 6.12. The number of likely N-dealkylation sites (tertiary alicyclic amines) is 1. The first-order chi connectivity index (χ1) is 10.3. The summed E-state index contributed by atoms with van der Waals surface area (Å²) in [7, 11) is 0. The van der Waals surface area contributed by atoms with E-state index in [1.807, 2.05) is 12.1 Å². The second-order valence-corrected chi connectivity index (χ2v) is 6.17. The third kappa shape index (κ3) is 3.44. The lowest BCUT2D eigenvalue weighted by molar-refractivity contribution is 0.0947. The molecule has 2 N–H and O–H groups in total. The Kier molecular flexibility index (Phi) is 4.56. The van der Waals surface area contributed by atoms with Crippen molar-refractivity contribution in [2.75, 3.05) is 32.7 Å². The van der Waals surface area contributed by atoms with Gasteiger partial charge in [-0.25, -0.2) is 0 Å². The van der Waals surface area contributed by atoms with Crippen LogP contribution in [-0.2, 0) is 13.0 Å². The Morgan fingerprint density at radius 3 is 3.14 bits per heavy atom. The zero-order valence-electron chi connectivity index (χ0n) is 12.8. The minimum absolute atomic E-state index is 0.0679. The zero-order valence-corrected chi connectivity index (χ0v) is 12.8. The van der Waals surface area contributed by atoms with Gasteiger partial charge in [0.05, 0.1) is 0 Å². The summed E-state index contributed by atoms with van der Waals surface area (Å²) in [5.41, 5.74) is 3.44. The summed E-state index contributed by atoms with van der Waals surface area (Å²) in [6.45, 7) is 8.31. The molecule has 4 nitrogen and oxygen atoms in total. The van der Waals surface area contributed by atoms with E-state index in [1.165, 1.54) is 24.1 Å². The van der Waals surface area contributed by atoms with Crippen molar-refractivity contribution in [3.05, 3.63) is 34.9 Å². The molecule has 1 fully saturated rings. The Bertz CT molecular complexity index is 515. The molecule has 1 unspecified atom stereocenters. The van der Waals surface area contributed by atoms with E-state index in [1.54, 1.807) is 0 Å². The molecule has 1 aromatic rings. The van der Waals surface area contributed by atoms with Crippen molar-refractivity contribution >= 4 is 5.91 Å². The molecule has 21 heavy (non-hydrogen) atoms. The molecule has 0 saturated carbocycles. The Balaban J connectivity index is 1.56. The Hall–Kier alpha value is -1.39. The number of nitrogens with zero attached hydrogens (tertiary/aromatic N) is 1. The van der Waals surface area contributed by atoms with E-state index in [0.717, 1.165) is 44.7 Å². The molecular weight excluding hydrogens is 262 g/mol. The molecule has 3 rings (SSSR count). The summed E-state index contributed by atoms with van der Waals surface area (Å²) in [5.74, 6) is 0.673. The fraction of sp³-hybridized carbons (Fsp3) is 0.588. The highest BCUT2D eigenvalue weighted by atomic mass is 16.1. The monoisotopic (exact) mass is 287 g/mol. The van der Waals surface area contributed by atoms with Gasteiger partial charge in [-0.15, -0.1) is 0 Å². The Morgan fingerprint density at radius 2 is 2.33 bits per heavy atom. The van der Waals surface area contributed by atoms with Crippen molar-refractivity contribution in [1.29, 1.82) is 0 Å². The van der Waals surface area contributed by atoms with Gasteiger partial charge in [-0.2, -0.15) is 0 Å². The maximum absolute atomic E-state index is 12.3. The Morgan fingerprint density at radius 1 is 1.43 bits per heavy atom. The van der Waals surface area contributed by atoms with Crippen LogP contribution in [0.15, 0.2) is 18.2 Å². The number of hydrogen-bond donors (Lipinski definition) is 2. The molecule has 2 aliphatic rings. The van der Waals surface area contributed by atoms with Gasteiger partial charge in [-0.3, -0.25) is 4.79 Å². The van der Waals surface area contributed by atoms with E-state index in [0.29, 0.717) is 5.92 Å². The topological polar surface area (TPSA) is 44.4 Å². The normalized spacial score (nSPS) is 22.0. The predicted octanol–water partition coefficient (Wildman–Crippen LogP) is 1.40. The summed E-state index contributed by atoms with van der Waals surface area (Å²) < 4.78 is 0. The number of hydrogen-bond acceptors (Lipinski definition) is 3. The van der Waals surface area contributed by atoms with Gasteiger partial charge in [0, 0.05) is 25.2 Å². The summed E-state index contributed by atoms with van der Waals surface area (Å²) in [4.78, 5) is 14.7. The molecule has 2 aliphatic heterocycles. The van der Waals surface area contributed by atoms with Crippen LogP contribution in [0.25, 0.3) is 0 Å². The maximum atomic E-state index is 12.3. The Labute approximate surface area is 126 Å². The smallest absolute Gasteiger partial charge is 0.251 e. The first-order valence-electron chi connectivity index (χ1n) is 8.09. The fourth-order valence-corrected chi connectivity index (χ4v) is 3.33. The van der Waals surface area contributed by atoms with E-state index < -0.39 is 0 Å². The molecule has 1 aromatic carbocycles. The average Bonchev–Trinajstić information content (AvgIpc) is 3.00. The summed E-state index contributed by atoms with van der Waals surface area (Å²) in [6.07, 6.45) is 2.26. The third-order valence-corrected chi connectivity index (χ3v) is 4.72. The van der Waals surface area contributed by atoms with E-state index in [4.69, 9.17) is 0 Å². The summed E-state index contributed by atoms with van der Waals surface area (Å²) >= 11 is 0. The van der Waals surface area contributed by atoms with E-state index in [-0.39, 0.29) is 5.91 Å². The van der Waals surface area contributed by atoms with Gasteiger partial charge in [-0.05, 0) is 61.7 Å². The number of rotatable bonds is 4. The maximum Gasteiger partial charge on any atom is 0.251 e. The second kappa shape index (κ2) is 6.58. The van der Waals surface area contributed by atoms with Crippen LogP contribution in [0.4, 0.5) is 0 Å². The average molecular weight is 287 g/mol. The van der Waals surface area contributed by atoms with E-state index in [9.17, 15) is 4.79 Å². The van der Waals surface area contributed by atoms with Crippen LogP contribution in [0.3, 0.4) is 0 Å². The molecule has 1 atom stereocenters. The van der Waals surface area contributed by atoms with Crippen molar-refractivity contribution in [3.63, 3.8) is 0 Å². The van der Waals surface area contributed by atoms with Gasteiger partial charge in [-0.1, -0.05) is 13.0 Å². The molecular formula is C17H25N3O. The number of benzene rings is 1. The summed E-state index contributed by atoms with van der Waals surface area (Å²) in [5, 5.41) is 6.46. The number of fused-ring (bicyclic) bond motifs is 1. The number of carbonyl (C=O) groups excluding carboxylic acids is 1. The van der Waals surface area contributed by atoms with Gasteiger partial charge < -0.3 is 15.5 Å². The molecule has 2 heterocycles. The molecule has 0 aliphatic carbocycles. The van der Waals surface area contributed by atoms with Crippen LogP contribution in [0.2, 0.25) is 0 Å². The largest absolute Gasteiger partial charge is 0.352 e. The number of nitrogens with one attached hydrogen (secondary N) is 2. The lowest BCUT2D eigenvalue weighted by Crippen LogP contribution is -2.31. The van der Waals surface area contributed by atoms with Gasteiger partial charge in [0.1, 0.15) is 0 Å². The van der Waals surface area contributed by atoms with Crippen molar-refractivity contribution < 1.29 is 4.79 Å². The van der Waals surface area contributed by atoms with Crippen molar-refractivity contribution in [2.45, 2.75) is 26.3 Å². The van der Waals surface area contributed by atoms with Crippen molar-refractivity contribution in [3.8, 4) is 0 Å². The van der Waals surface area contributed by atoms with Gasteiger partial charge in [0.2, 0.25) is 0 Å². The number of carbonyl (C=O) groups is 1. The van der Waals surface area contributed by atoms with Crippen LogP contribution >= 0.6 is 0 Å². The highest BCUT2D eigenvalue weighted by molar-refractivity contribution is 5.94. The number of amides is 1. The van der Waals surface area contributed by atoms with Crippen LogP contribution in [0.1, 0.15) is 34.8 Å². The first kappa shape index (κ1) is 14.5. The zero-order chi connectivity index (χ0) is 14.7. The standard InChI is InChI=1S/C17H25N3O/c1-2-20-8-6-13(12-20)10-19-17(21)15-4-3-14-5-7-18-11-16(14)9-15/h3-4,9,13,18H,2,5-8,10-12H2,1H3,(H,19,21). The minimum atomic E-state index is 0.0679. The minimum Gasteiger partial charge on any atom is -0.352 e. The van der Waals surface area contributed by atoms with Crippen molar-refractivity contribution in [1.82, 2.24) is 15.5 Å². The molecule has 0 aromatic heterocycles. The van der Waals surface area contributed by atoms with E-state index in [2.05, 4.69) is 28.5 Å². The highest BCUT2D eigenvalue weighted by Crippen LogP contribution is 2.17. The van der Waals surface area contributed by atoms with E-state index >= 15 is 0 Å². The van der Waals surface area contributed by atoms with Gasteiger partial charge in [0.15, 0.2) is 0 Å². The molecule has 0 radical (unpaired) electrons. The van der Waals surface area contributed by atoms with Crippen molar-refractivity contribution in [2.24, 2.45) is 5.92 Å². The highest BCUT2D eigenvalue weighted by Gasteiger charge is 2.21. The molecule has 0 spiro atoms. The lowest BCUT2D eigenvalue weighted by Gasteiger charge is -2.18. The predicted molar refractivity (Wildman–Crippen MR) is 84.4 cm³/mol. The van der Waals surface area contributed by atoms with Gasteiger partial charge in [0.25, 0.3) is 5.91 Å². The quantitative estimate of drug-likeness (QED) is 0.880. The fourth-order valence-electron chi connectivity index (χ4n) is 3.33. The SMILES string of the molecule is CCN1CCC(CNC(=O)c2ccc3c(c2)CNCC3)C1. The van der Waals surface area contributed by atoms with Gasteiger partial charge >= 0.3 is 0 Å². The van der Waals surface area contributed by atoms with Crippen LogP contribution in [0.5, 0.6) is 0 Å². The second-order valence-electron chi connectivity index (χ2n) is 6.17. The molecule has 0 bridgehead atoms. The molecule has 1 saturated heterocycles. The molecule has 4 heteroatoms. The lowest BCUT2D eigenvalue weighted by atomic mass is 9.98. The van der Waals surface area contributed by atoms with Crippen LogP contribution < -0.4 is 10.6 Å². The molecule has 1 amide bonds. The van der Waals surface area contributed by atoms with Crippen LogP contribution in [0, 0.1) is 5.92 Å². The molecule has 114 valence electrons. The first-order valence-corrected chi connectivity index (χ1v) is 8.09. The van der Waals surface area contributed by atoms with Crippen LogP contribution in [-0.4, -0.2) is 43.5 Å². The third-order valence-electron chi connectivity index (χ3n) is 4.72.